The highest BCUT2D eigenvalue weighted by Gasteiger charge is 2.27. The number of ether oxygens (including phenoxy) is 1. The van der Waals surface area contributed by atoms with Crippen molar-refractivity contribution in [1.29, 1.82) is 0 Å². The van der Waals surface area contributed by atoms with Gasteiger partial charge in [-0.1, -0.05) is 13.8 Å². The second-order valence-corrected chi connectivity index (χ2v) is 5.61. The highest BCUT2D eigenvalue weighted by Crippen LogP contribution is 2.20. The van der Waals surface area contributed by atoms with E-state index in [1.54, 1.807) is 11.1 Å². The summed E-state index contributed by atoms with van der Waals surface area (Å²) in [4.78, 5) is 23.3. The molecular formula is C15H24N4O2. The lowest BCUT2D eigenvalue weighted by Crippen LogP contribution is -2.38. The second kappa shape index (κ2) is 6.85. The van der Waals surface area contributed by atoms with Crippen molar-refractivity contribution in [3.05, 3.63) is 17.7 Å². The first-order chi connectivity index (χ1) is 10.0. The summed E-state index contributed by atoms with van der Waals surface area (Å²) in [7, 11) is 1.81. The molecule has 116 valence electrons. The SMILES string of the molecule is CCNc1cnc(C(C)C)nc1C(=O)N(C)C1CCOC1. The Labute approximate surface area is 125 Å². The fraction of sp³-hybridized carbons (Fsp3) is 0.667. The van der Waals surface area contributed by atoms with Crippen molar-refractivity contribution in [1.82, 2.24) is 14.9 Å². The minimum absolute atomic E-state index is 0.0780. The number of aromatic nitrogens is 2. The molecule has 0 aliphatic carbocycles. The van der Waals surface area contributed by atoms with Gasteiger partial charge in [-0.25, -0.2) is 9.97 Å². The molecule has 0 aromatic carbocycles. The predicted octanol–water partition coefficient (Wildman–Crippen LogP) is 1.89. The van der Waals surface area contributed by atoms with Gasteiger partial charge in [-0.05, 0) is 13.3 Å². The fourth-order valence-electron chi connectivity index (χ4n) is 2.32. The predicted molar refractivity (Wildman–Crippen MR) is 81.6 cm³/mol. The maximum atomic E-state index is 12.7. The lowest BCUT2D eigenvalue weighted by Gasteiger charge is -2.24. The maximum absolute atomic E-state index is 12.7. The number of nitrogens with one attached hydrogen (secondary N) is 1. The summed E-state index contributed by atoms with van der Waals surface area (Å²) < 4.78 is 5.36. The second-order valence-electron chi connectivity index (χ2n) is 5.61. The van der Waals surface area contributed by atoms with Crippen molar-refractivity contribution in [3.8, 4) is 0 Å². The summed E-state index contributed by atoms with van der Waals surface area (Å²) in [5, 5.41) is 3.16. The molecule has 1 aliphatic heterocycles. The standard InChI is InChI=1S/C15H24N4O2/c1-5-16-12-8-17-14(10(2)3)18-13(12)15(20)19(4)11-6-7-21-9-11/h8,10-11,16H,5-7,9H2,1-4H3. The summed E-state index contributed by atoms with van der Waals surface area (Å²) in [5.41, 5.74) is 1.14. The zero-order valence-corrected chi connectivity index (χ0v) is 13.2. The summed E-state index contributed by atoms with van der Waals surface area (Å²) in [6.07, 6.45) is 2.58. The van der Waals surface area contributed by atoms with E-state index in [4.69, 9.17) is 4.74 Å². The molecule has 2 heterocycles. The number of nitrogens with zero attached hydrogens (tertiary/aromatic N) is 3. The molecule has 6 heteroatoms. The van der Waals surface area contributed by atoms with Crippen molar-refractivity contribution in [2.45, 2.75) is 39.2 Å². The van der Waals surface area contributed by atoms with Gasteiger partial charge in [0.1, 0.15) is 5.82 Å². The first-order valence-electron chi connectivity index (χ1n) is 7.50. The number of carbonyl (C=O) groups excluding carboxylic acids is 1. The van der Waals surface area contributed by atoms with Gasteiger partial charge in [0.25, 0.3) is 5.91 Å². The highest BCUT2D eigenvalue weighted by atomic mass is 16.5. The Hall–Kier alpha value is -1.69. The van der Waals surface area contributed by atoms with Crippen molar-refractivity contribution in [2.24, 2.45) is 0 Å². The van der Waals surface area contributed by atoms with Gasteiger partial charge >= 0.3 is 0 Å². The molecule has 1 aromatic heterocycles. The minimum atomic E-state index is -0.0780. The molecule has 1 amide bonds. The number of hydrogen-bond donors (Lipinski definition) is 1. The molecule has 1 aliphatic rings. The van der Waals surface area contributed by atoms with Crippen LogP contribution >= 0.6 is 0 Å². The summed E-state index contributed by atoms with van der Waals surface area (Å²) in [5.74, 6) is 0.800. The van der Waals surface area contributed by atoms with Crippen LogP contribution in [0.3, 0.4) is 0 Å². The van der Waals surface area contributed by atoms with Gasteiger partial charge in [-0.15, -0.1) is 0 Å². The number of likely N-dealkylation sites (N-methyl/N-ethyl adjacent to an activating group) is 1. The van der Waals surface area contributed by atoms with E-state index in [1.165, 1.54) is 0 Å². The minimum Gasteiger partial charge on any atom is -0.382 e. The van der Waals surface area contributed by atoms with E-state index in [0.717, 1.165) is 13.0 Å². The molecule has 1 fully saturated rings. The van der Waals surface area contributed by atoms with E-state index in [-0.39, 0.29) is 17.9 Å². The molecule has 1 aromatic rings. The molecule has 0 spiro atoms. The third-order valence-electron chi connectivity index (χ3n) is 3.67. The molecule has 0 bridgehead atoms. The first-order valence-corrected chi connectivity index (χ1v) is 7.50. The van der Waals surface area contributed by atoms with Crippen LogP contribution in [0.4, 0.5) is 5.69 Å². The molecule has 1 atom stereocenters. The smallest absolute Gasteiger partial charge is 0.274 e. The monoisotopic (exact) mass is 292 g/mol. The molecule has 21 heavy (non-hydrogen) atoms. The van der Waals surface area contributed by atoms with Gasteiger partial charge in [-0.3, -0.25) is 4.79 Å². The normalized spacial score (nSPS) is 18.0. The molecule has 1 N–H and O–H groups in total. The quantitative estimate of drug-likeness (QED) is 0.897. The summed E-state index contributed by atoms with van der Waals surface area (Å²) in [6.45, 7) is 8.06. The van der Waals surface area contributed by atoms with Gasteiger partial charge in [0.2, 0.25) is 0 Å². The Bertz CT molecular complexity index is 498. The van der Waals surface area contributed by atoms with E-state index in [2.05, 4.69) is 15.3 Å². The molecular weight excluding hydrogens is 268 g/mol. The summed E-state index contributed by atoms with van der Waals surface area (Å²) in [6, 6.07) is 0.129. The third-order valence-corrected chi connectivity index (χ3v) is 3.67. The van der Waals surface area contributed by atoms with E-state index in [9.17, 15) is 4.79 Å². The third kappa shape index (κ3) is 3.50. The van der Waals surface area contributed by atoms with Crippen LogP contribution in [0.15, 0.2) is 6.20 Å². The molecule has 0 radical (unpaired) electrons. The Balaban J connectivity index is 2.29. The lowest BCUT2D eigenvalue weighted by atomic mass is 10.1. The Morgan fingerprint density at radius 3 is 2.90 bits per heavy atom. The lowest BCUT2D eigenvalue weighted by molar-refractivity contribution is 0.0706. The topological polar surface area (TPSA) is 67.4 Å². The first kappa shape index (κ1) is 15.7. The van der Waals surface area contributed by atoms with Gasteiger partial charge < -0.3 is 15.0 Å². The van der Waals surface area contributed by atoms with Gasteiger partial charge in [0.15, 0.2) is 5.69 Å². The number of amides is 1. The van der Waals surface area contributed by atoms with Crippen LogP contribution < -0.4 is 5.32 Å². The van der Waals surface area contributed by atoms with Crippen LogP contribution in [0.25, 0.3) is 0 Å². The number of rotatable bonds is 5. The molecule has 1 unspecified atom stereocenters. The van der Waals surface area contributed by atoms with Crippen LogP contribution in [0.2, 0.25) is 0 Å². The van der Waals surface area contributed by atoms with E-state index in [0.29, 0.717) is 30.4 Å². The highest BCUT2D eigenvalue weighted by molar-refractivity contribution is 5.97. The van der Waals surface area contributed by atoms with Crippen LogP contribution in [0.1, 0.15) is 49.4 Å². The van der Waals surface area contributed by atoms with Gasteiger partial charge in [0, 0.05) is 26.1 Å². The van der Waals surface area contributed by atoms with Gasteiger partial charge in [-0.2, -0.15) is 0 Å². The van der Waals surface area contributed by atoms with Crippen LogP contribution in [0, 0.1) is 0 Å². The summed E-state index contributed by atoms with van der Waals surface area (Å²) >= 11 is 0. The fourth-order valence-corrected chi connectivity index (χ4v) is 2.32. The van der Waals surface area contributed by atoms with Crippen molar-refractivity contribution >= 4 is 11.6 Å². The molecule has 0 saturated carbocycles. The molecule has 6 nitrogen and oxygen atoms in total. The number of anilines is 1. The van der Waals surface area contributed by atoms with Crippen molar-refractivity contribution < 1.29 is 9.53 Å². The Morgan fingerprint density at radius 1 is 1.57 bits per heavy atom. The van der Waals surface area contributed by atoms with Crippen molar-refractivity contribution in [3.63, 3.8) is 0 Å². The number of hydrogen-bond acceptors (Lipinski definition) is 5. The molecule has 2 rings (SSSR count). The van der Waals surface area contributed by atoms with Crippen LogP contribution in [-0.4, -0.2) is 53.6 Å². The zero-order chi connectivity index (χ0) is 15.4. The van der Waals surface area contributed by atoms with E-state index < -0.39 is 0 Å². The van der Waals surface area contributed by atoms with E-state index >= 15 is 0 Å². The number of carbonyl (C=O) groups is 1. The van der Waals surface area contributed by atoms with Crippen LogP contribution in [0.5, 0.6) is 0 Å². The maximum Gasteiger partial charge on any atom is 0.274 e. The van der Waals surface area contributed by atoms with E-state index in [1.807, 2.05) is 27.8 Å². The van der Waals surface area contributed by atoms with Gasteiger partial charge in [0.05, 0.1) is 24.5 Å². The largest absolute Gasteiger partial charge is 0.382 e. The zero-order valence-electron chi connectivity index (χ0n) is 13.2. The average molecular weight is 292 g/mol. The van der Waals surface area contributed by atoms with Crippen molar-refractivity contribution in [2.75, 3.05) is 32.1 Å². The Morgan fingerprint density at radius 2 is 2.33 bits per heavy atom. The Kier molecular flexibility index (Phi) is 5.12. The molecule has 1 saturated heterocycles. The average Bonchev–Trinajstić information content (AvgIpc) is 3.00. The van der Waals surface area contributed by atoms with Crippen LogP contribution in [-0.2, 0) is 4.74 Å².